The molecule has 0 aromatic heterocycles. The Morgan fingerprint density at radius 3 is 2.29 bits per heavy atom. The quantitative estimate of drug-likeness (QED) is 0.699. The molecule has 0 saturated carbocycles. The van der Waals surface area contributed by atoms with Crippen molar-refractivity contribution in [1.29, 1.82) is 0 Å². The number of hydrogen-bond acceptors (Lipinski definition) is 3. The molecule has 0 fully saturated rings. The molecule has 1 rings (SSSR count). The van der Waals surface area contributed by atoms with Crippen LogP contribution in [-0.2, 0) is 4.79 Å². The number of rotatable bonds is 4. The van der Waals surface area contributed by atoms with Gasteiger partial charge < -0.3 is 15.3 Å². The first-order valence-electron chi connectivity index (χ1n) is 5.22. The van der Waals surface area contributed by atoms with Gasteiger partial charge in [-0.05, 0) is 17.7 Å². The Kier molecular flexibility index (Phi) is 3.91. The average molecular weight is 236 g/mol. The molecular weight excluding hydrogens is 220 g/mol. The molecule has 1 aromatic carbocycles. The van der Waals surface area contributed by atoms with Gasteiger partial charge in [0.2, 0.25) is 0 Å². The van der Waals surface area contributed by atoms with Crippen LogP contribution in [0.25, 0.3) is 0 Å². The predicted octanol–water partition coefficient (Wildman–Crippen LogP) is 2.09. The molecule has 0 heterocycles. The third-order valence-electron chi connectivity index (χ3n) is 2.57. The van der Waals surface area contributed by atoms with E-state index in [1.165, 1.54) is 18.2 Å². The van der Waals surface area contributed by atoms with Crippen LogP contribution in [0.15, 0.2) is 36.4 Å². The van der Waals surface area contributed by atoms with Crippen LogP contribution in [0.4, 0.5) is 0 Å². The largest absolute Gasteiger partial charge is 0.508 e. The number of benzene rings is 1. The predicted molar refractivity (Wildman–Crippen MR) is 63.6 cm³/mol. The fourth-order valence-electron chi connectivity index (χ4n) is 1.46. The normalized spacial score (nSPS) is 13.8. The first-order chi connectivity index (χ1) is 7.83. The van der Waals surface area contributed by atoms with E-state index < -0.39 is 17.5 Å². The third-order valence-corrected chi connectivity index (χ3v) is 2.57. The number of aliphatic hydroxyl groups is 1. The van der Waals surface area contributed by atoms with Crippen LogP contribution in [0.1, 0.15) is 25.5 Å². The summed E-state index contributed by atoms with van der Waals surface area (Å²) in [6.45, 7) is 3.48. The van der Waals surface area contributed by atoms with Gasteiger partial charge in [0.25, 0.3) is 0 Å². The maximum atomic E-state index is 10.4. The summed E-state index contributed by atoms with van der Waals surface area (Å²) in [5, 5.41) is 27.8. The van der Waals surface area contributed by atoms with Gasteiger partial charge in [-0.1, -0.05) is 32.1 Å². The average Bonchev–Trinajstić information content (AvgIpc) is 2.27. The third kappa shape index (κ3) is 3.60. The molecule has 0 amide bonds. The smallest absolute Gasteiger partial charge is 0.327 e. The van der Waals surface area contributed by atoms with Crippen molar-refractivity contribution < 1.29 is 20.1 Å². The molecule has 0 unspecified atom stereocenters. The highest BCUT2D eigenvalue weighted by Gasteiger charge is 2.26. The van der Waals surface area contributed by atoms with E-state index >= 15 is 0 Å². The Balaban J connectivity index is 2.91. The minimum Gasteiger partial charge on any atom is -0.508 e. The molecule has 1 aromatic rings. The van der Waals surface area contributed by atoms with Crippen LogP contribution in [0.5, 0.6) is 5.75 Å². The van der Waals surface area contributed by atoms with Crippen molar-refractivity contribution in [3.05, 3.63) is 42.0 Å². The molecule has 17 heavy (non-hydrogen) atoms. The van der Waals surface area contributed by atoms with Gasteiger partial charge in [-0.3, -0.25) is 0 Å². The Morgan fingerprint density at radius 1 is 1.29 bits per heavy atom. The lowest BCUT2D eigenvalue weighted by molar-refractivity contribution is -0.131. The highest BCUT2D eigenvalue weighted by molar-refractivity contribution is 5.79. The van der Waals surface area contributed by atoms with Gasteiger partial charge in [-0.25, -0.2) is 4.79 Å². The molecule has 4 heteroatoms. The van der Waals surface area contributed by atoms with E-state index in [0.717, 1.165) is 6.08 Å². The van der Waals surface area contributed by atoms with Crippen LogP contribution in [0, 0.1) is 5.41 Å². The number of carboxylic acid groups (broad SMARTS) is 1. The molecule has 0 saturated heterocycles. The summed E-state index contributed by atoms with van der Waals surface area (Å²) in [6.07, 6.45) is 1.63. The molecular formula is C13H16O4. The van der Waals surface area contributed by atoms with Gasteiger partial charge in [-0.2, -0.15) is 0 Å². The Labute approximate surface area is 99.8 Å². The van der Waals surface area contributed by atoms with E-state index in [1.807, 2.05) is 0 Å². The molecule has 1 atom stereocenters. The maximum Gasteiger partial charge on any atom is 0.327 e. The Hall–Kier alpha value is -1.81. The number of aromatic hydroxyl groups is 1. The summed E-state index contributed by atoms with van der Waals surface area (Å²) < 4.78 is 0. The fourth-order valence-corrected chi connectivity index (χ4v) is 1.46. The van der Waals surface area contributed by atoms with Gasteiger partial charge in [-0.15, -0.1) is 0 Å². The second-order valence-electron chi connectivity index (χ2n) is 4.49. The lowest BCUT2D eigenvalue weighted by Crippen LogP contribution is -2.19. The second kappa shape index (κ2) is 5.01. The monoisotopic (exact) mass is 236 g/mol. The standard InChI is InChI=1S/C13H16O4/c1-13(2,8-7-11(15)16)12(17)9-3-5-10(14)6-4-9/h3-8,12,14,17H,1-2H3,(H,15,16)/b8-7+/t12-/m1/s1. The Morgan fingerprint density at radius 2 is 1.82 bits per heavy atom. The van der Waals surface area contributed by atoms with Gasteiger partial charge in [0.05, 0.1) is 6.10 Å². The van der Waals surface area contributed by atoms with Gasteiger partial charge in [0, 0.05) is 11.5 Å². The zero-order valence-electron chi connectivity index (χ0n) is 9.79. The van der Waals surface area contributed by atoms with Gasteiger partial charge in [0.1, 0.15) is 5.75 Å². The first-order valence-corrected chi connectivity index (χ1v) is 5.22. The van der Waals surface area contributed by atoms with Crippen LogP contribution in [0.2, 0.25) is 0 Å². The summed E-state index contributed by atoms with van der Waals surface area (Å²) in [5.74, 6) is -0.921. The van der Waals surface area contributed by atoms with Gasteiger partial charge in [0.15, 0.2) is 0 Å². The number of carboxylic acids is 1. The molecule has 0 aliphatic rings. The molecule has 92 valence electrons. The van der Waals surface area contributed by atoms with E-state index in [1.54, 1.807) is 26.0 Å². The highest BCUT2D eigenvalue weighted by Crippen LogP contribution is 2.34. The number of hydrogen-bond donors (Lipinski definition) is 3. The van der Waals surface area contributed by atoms with Crippen molar-refractivity contribution in [1.82, 2.24) is 0 Å². The zero-order chi connectivity index (χ0) is 13.1. The van der Waals surface area contributed by atoms with Crippen molar-refractivity contribution in [2.75, 3.05) is 0 Å². The molecule has 0 aliphatic carbocycles. The number of aliphatic carboxylic acids is 1. The summed E-state index contributed by atoms with van der Waals surface area (Å²) >= 11 is 0. The number of phenolic OH excluding ortho intramolecular Hbond substituents is 1. The molecule has 0 bridgehead atoms. The van der Waals surface area contributed by atoms with E-state index in [9.17, 15) is 9.90 Å². The summed E-state index contributed by atoms with van der Waals surface area (Å²) in [6, 6.07) is 6.18. The molecule has 3 N–H and O–H groups in total. The van der Waals surface area contributed by atoms with Crippen LogP contribution in [-0.4, -0.2) is 21.3 Å². The number of carbonyl (C=O) groups is 1. The van der Waals surface area contributed by atoms with Crippen molar-refractivity contribution >= 4 is 5.97 Å². The lowest BCUT2D eigenvalue weighted by Gasteiger charge is -2.27. The topological polar surface area (TPSA) is 77.8 Å². The number of aliphatic hydroxyl groups excluding tert-OH is 1. The maximum absolute atomic E-state index is 10.4. The van der Waals surface area contributed by atoms with Crippen LogP contribution >= 0.6 is 0 Å². The summed E-state index contributed by atoms with van der Waals surface area (Å²) in [4.78, 5) is 10.4. The van der Waals surface area contributed by atoms with E-state index in [2.05, 4.69) is 0 Å². The fraction of sp³-hybridized carbons (Fsp3) is 0.308. The van der Waals surface area contributed by atoms with Gasteiger partial charge >= 0.3 is 5.97 Å². The van der Waals surface area contributed by atoms with Crippen molar-refractivity contribution in [3.8, 4) is 5.75 Å². The minimum absolute atomic E-state index is 0.125. The molecule has 4 nitrogen and oxygen atoms in total. The van der Waals surface area contributed by atoms with E-state index in [4.69, 9.17) is 10.2 Å². The number of phenols is 1. The van der Waals surface area contributed by atoms with E-state index in [0.29, 0.717) is 5.56 Å². The van der Waals surface area contributed by atoms with E-state index in [-0.39, 0.29) is 5.75 Å². The highest BCUT2D eigenvalue weighted by atomic mass is 16.4. The molecule has 0 radical (unpaired) electrons. The van der Waals surface area contributed by atoms with Crippen LogP contribution < -0.4 is 0 Å². The molecule has 0 spiro atoms. The summed E-state index contributed by atoms with van der Waals surface area (Å²) in [5.41, 5.74) is -0.0714. The lowest BCUT2D eigenvalue weighted by atomic mass is 9.82. The second-order valence-corrected chi connectivity index (χ2v) is 4.49. The SMILES string of the molecule is CC(C)(/C=C/C(=O)O)[C@H](O)c1ccc(O)cc1. The van der Waals surface area contributed by atoms with Crippen LogP contribution in [0.3, 0.4) is 0 Å². The zero-order valence-corrected chi connectivity index (χ0v) is 9.79. The molecule has 0 aliphatic heterocycles. The van der Waals surface area contributed by atoms with Crippen molar-refractivity contribution in [2.24, 2.45) is 5.41 Å². The van der Waals surface area contributed by atoms with Crippen molar-refractivity contribution in [3.63, 3.8) is 0 Å². The minimum atomic E-state index is -1.05. The summed E-state index contributed by atoms with van der Waals surface area (Å²) in [7, 11) is 0. The van der Waals surface area contributed by atoms with Crippen molar-refractivity contribution in [2.45, 2.75) is 20.0 Å². The first kappa shape index (κ1) is 13.3. The Bertz CT molecular complexity index is 418.